The molecule has 0 aromatic rings. The van der Waals surface area contributed by atoms with Gasteiger partial charge in [0.25, 0.3) is 0 Å². The van der Waals surface area contributed by atoms with Crippen molar-refractivity contribution in [2.24, 2.45) is 17.6 Å². The first kappa shape index (κ1) is 13.5. The molecule has 0 aromatic carbocycles. The van der Waals surface area contributed by atoms with E-state index >= 15 is 0 Å². The van der Waals surface area contributed by atoms with Gasteiger partial charge >= 0.3 is 0 Å². The van der Waals surface area contributed by atoms with E-state index in [2.05, 4.69) is 12.2 Å². The zero-order valence-electron chi connectivity index (χ0n) is 10.5. The highest BCUT2D eigenvalue weighted by atomic mass is 16.1. The maximum Gasteiger partial charge on any atom is 0.220 e. The van der Waals surface area contributed by atoms with Gasteiger partial charge in [-0.2, -0.15) is 0 Å². The first-order valence-electron chi connectivity index (χ1n) is 6.74. The molecule has 1 aliphatic rings. The molecule has 0 aliphatic heterocycles. The smallest absolute Gasteiger partial charge is 0.220 e. The van der Waals surface area contributed by atoms with Crippen LogP contribution in [0.1, 0.15) is 51.9 Å². The summed E-state index contributed by atoms with van der Waals surface area (Å²) >= 11 is 0. The Morgan fingerprint density at radius 3 is 2.62 bits per heavy atom. The molecule has 0 saturated heterocycles. The van der Waals surface area contributed by atoms with Crippen LogP contribution in [0.3, 0.4) is 0 Å². The zero-order valence-corrected chi connectivity index (χ0v) is 10.5. The maximum absolute atomic E-state index is 11.5. The molecule has 0 bridgehead atoms. The number of unbranched alkanes of at least 4 members (excludes halogenated alkanes) is 1. The van der Waals surface area contributed by atoms with Crippen molar-refractivity contribution in [3.63, 3.8) is 0 Å². The minimum Gasteiger partial charge on any atom is -0.356 e. The molecule has 0 heterocycles. The predicted molar refractivity (Wildman–Crippen MR) is 67.0 cm³/mol. The summed E-state index contributed by atoms with van der Waals surface area (Å²) in [5.74, 6) is 1.45. The Bertz CT molecular complexity index is 206. The summed E-state index contributed by atoms with van der Waals surface area (Å²) in [6, 6.07) is 0. The Labute approximate surface area is 99.2 Å². The van der Waals surface area contributed by atoms with Gasteiger partial charge in [0, 0.05) is 13.0 Å². The zero-order chi connectivity index (χ0) is 11.8. The quantitative estimate of drug-likeness (QED) is 0.728. The lowest BCUT2D eigenvalue weighted by Gasteiger charge is -2.30. The number of rotatable bonds is 6. The van der Waals surface area contributed by atoms with Crippen LogP contribution < -0.4 is 11.1 Å². The first-order valence-corrected chi connectivity index (χ1v) is 6.74. The predicted octanol–water partition coefficient (Wildman–Crippen LogP) is 2.06. The van der Waals surface area contributed by atoms with Crippen LogP contribution >= 0.6 is 0 Å². The van der Waals surface area contributed by atoms with Crippen molar-refractivity contribution in [3.8, 4) is 0 Å². The standard InChI is InChI=1S/C13H26N2O/c1-2-3-8-13(16)15-10-12-7-5-4-6-11(12)9-14/h11-12H,2-10,14H2,1H3,(H,15,16). The molecule has 2 atom stereocenters. The molecular weight excluding hydrogens is 200 g/mol. The Hall–Kier alpha value is -0.570. The second-order valence-corrected chi connectivity index (χ2v) is 4.95. The highest BCUT2D eigenvalue weighted by Gasteiger charge is 2.23. The van der Waals surface area contributed by atoms with Gasteiger partial charge in [0.2, 0.25) is 5.91 Å². The third kappa shape index (κ3) is 4.52. The highest BCUT2D eigenvalue weighted by Crippen LogP contribution is 2.28. The molecule has 3 heteroatoms. The average Bonchev–Trinajstić information content (AvgIpc) is 2.34. The van der Waals surface area contributed by atoms with Gasteiger partial charge in [-0.05, 0) is 37.6 Å². The normalized spacial score (nSPS) is 25.4. The minimum absolute atomic E-state index is 0.211. The van der Waals surface area contributed by atoms with E-state index in [1.165, 1.54) is 25.7 Å². The van der Waals surface area contributed by atoms with Gasteiger partial charge < -0.3 is 11.1 Å². The van der Waals surface area contributed by atoms with E-state index in [0.29, 0.717) is 18.3 Å². The van der Waals surface area contributed by atoms with Gasteiger partial charge in [-0.1, -0.05) is 26.2 Å². The van der Waals surface area contributed by atoms with Gasteiger partial charge in [0.1, 0.15) is 0 Å². The van der Waals surface area contributed by atoms with Crippen molar-refractivity contribution < 1.29 is 4.79 Å². The van der Waals surface area contributed by atoms with Gasteiger partial charge in [0.05, 0.1) is 0 Å². The fourth-order valence-corrected chi connectivity index (χ4v) is 2.53. The van der Waals surface area contributed by atoms with Gasteiger partial charge in [-0.25, -0.2) is 0 Å². The Kier molecular flexibility index (Phi) is 6.46. The van der Waals surface area contributed by atoms with Crippen LogP contribution in [0, 0.1) is 11.8 Å². The molecule has 1 saturated carbocycles. The molecule has 1 amide bonds. The van der Waals surface area contributed by atoms with E-state index < -0.39 is 0 Å². The van der Waals surface area contributed by atoms with Crippen molar-refractivity contribution in [1.82, 2.24) is 5.32 Å². The lowest BCUT2D eigenvalue weighted by molar-refractivity contribution is -0.121. The van der Waals surface area contributed by atoms with Crippen LogP contribution in [0.25, 0.3) is 0 Å². The summed E-state index contributed by atoms with van der Waals surface area (Å²) in [6.07, 6.45) is 7.84. The van der Waals surface area contributed by atoms with Gasteiger partial charge in [-0.3, -0.25) is 4.79 Å². The summed E-state index contributed by atoms with van der Waals surface area (Å²) in [4.78, 5) is 11.5. The van der Waals surface area contributed by atoms with E-state index in [4.69, 9.17) is 5.73 Å². The fraction of sp³-hybridized carbons (Fsp3) is 0.923. The second-order valence-electron chi connectivity index (χ2n) is 4.95. The summed E-state index contributed by atoms with van der Waals surface area (Å²) in [6.45, 7) is 3.72. The Balaban J connectivity index is 2.21. The summed E-state index contributed by atoms with van der Waals surface area (Å²) in [7, 11) is 0. The van der Waals surface area contributed by atoms with Crippen molar-refractivity contribution in [2.45, 2.75) is 51.9 Å². The van der Waals surface area contributed by atoms with Gasteiger partial charge in [-0.15, -0.1) is 0 Å². The molecule has 0 spiro atoms. The molecule has 3 nitrogen and oxygen atoms in total. The number of carbonyl (C=O) groups excluding carboxylic acids is 1. The topological polar surface area (TPSA) is 55.1 Å². The summed E-state index contributed by atoms with van der Waals surface area (Å²) in [5, 5.41) is 3.06. The summed E-state index contributed by atoms with van der Waals surface area (Å²) < 4.78 is 0. The highest BCUT2D eigenvalue weighted by molar-refractivity contribution is 5.75. The monoisotopic (exact) mass is 226 g/mol. The van der Waals surface area contributed by atoms with Crippen LogP contribution in [0.4, 0.5) is 0 Å². The van der Waals surface area contributed by atoms with Crippen molar-refractivity contribution in [1.29, 1.82) is 0 Å². The fourth-order valence-electron chi connectivity index (χ4n) is 2.53. The number of carbonyl (C=O) groups is 1. The number of hydrogen-bond donors (Lipinski definition) is 2. The molecule has 94 valence electrons. The molecule has 0 aromatic heterocycles. The van der Waals surface area contributed by atoms with Crippen LogP contribution in [0.5, 0.6) is 0 Å². The molecular formula is C13H26N2O. The van der Waals surface area contributed by atoms with E-state index in [0.717, 1.165) is 25.9 Å². The Morgan fingerprint density at radius 1 is 1.31 bits per heavy atom. The van der Waals surface area contributed by atoms with Crippen LogP contribution in [-0.4, -0.2) is 19.0 Å². The van der Waals surface area contributed by atoms with E-state index in [1.807, 2.05) is 0 Å². The van der Waals surface area contributed by atoms with Crippen LogP contribution in [-0.2, 0) is 4.79 Å². The second kappa shape index (κ2) is 7.66. The molecule has 0 radical (unpaired) electrons. The number of hydrogen-bond acceptors (Lipinski definition) is 2. The van der Waals surface area contributed by atoms with Crippen LogP contribution in [0.2, 0.25) is 0 Å². The van der Waals surface area contributed by atoms with E-state index in [-0.39, 0.29) is 5.91 Å². The molecule has 16 heavy (non-hydrogen) atoms. The number of amides is 1. The average molecular weight is 226 g/mol. The molecule has 1 rings (SSSR count). The number of nitrogens with one attached hydrogen (secondary N) is 1. The molecule has 2 unspecified atom stereocenters. The van der Waals surface area contributed by atoms with Crippen molar-refractivity contribution >= 4 is 5.91 Å². The van der Waals surface area contributed by atoms with E-state index in [9.17, 15) is 4.79 Å². The maximum atomic E-state index is 11.5. The van der Waals surface area contributed by atoms with Crippen molar-refractivity contribution in [3.05, 3.63) is 0 Å². The molecule has 3 N–H and O–H groups in total. The third-order valence-corrected chi connectivity index (χ3v) is 3.69. The lowest BCUT2D eigenvalue weighted by atomic mass is 9.79. The lowest BCUT2D eigenvalue weighted by Crippen LogP contribution is -2.36. The SMILES string of the molecule is CCCCC(=O)NCC1CCCCC1CN. The molecule has 1 fully saturated rings. The Morgan fingerprint density at radius 2 is 2.00 bits per heavy atom. The van der Waals surface area contributed by atoms with Gasteiger partial charge in [0.15, 0.2) is 0 Å². The first-order chi connectivity index (χ1) is 7.77. The van der Waals surface area contributed by atoms with E-state index in [1.54, 1.807) is 0 Å². The largest absolute Gasteiger partial charge is 0.356 e. The van der Waals surface area contributed by atoms with Crippen LogP contribution in [0.15, 0.2) is 0 Å². The van der Waals surface area contributed by atoms with Crippen molar-refractivity contribution in [2.75, 3.05) is 13.1 Å². The third-order valence-electron chi connectivity index (χ3n) is 3.69. The molecule has 1 aliphatic carbocycles. The number of nitrogens with two attached hydrogens (primary N) is 1. The minimum atomic E-state index is 0.211. The summed E-state index contributed by atoms with van der Waals surface area (Å²) in [5.41, 5.74) is 5.77.